The van der Waals surface area contributed by atoms with Gasteiger partial charge in [-0.1, -0.05) is 29.8 Å². The van der Waals surface area contributed by atoms with Gasteiger partial charge >= 0.3 is 0 Å². The SMILES string of the molecule is CCOc1ccccc1NC(=O)c1cccc(NC2=C(Cl)C(=O)N(c3ccc(F)cc3)C2=O)c1. The largest absolute Gasteiger partial charge is 0.492 e. The molecule has 1 aliphatic rings. The third kappa shape index (κ3) is 4.62. The van der Waals surface area contributed by atoms with Gasteiger partial charge in [-0.25, -0.2) is 9.29 Å². The Morgan fingerprint density at radius 2 is 1.74 bits per heavy atom. The fourth-order valence-corrected chi connectivity index (χ4v) is 3.58. The molecule has 0 aromatic heterocycles. The number of carbonyl (C=O) groups is 3. The van der Waals surface area contributed by atoms with Crippen molar-refractivity contribution in [3.63, 3.8) is 0 Å². The van der Waals surface area contributed by atoms with E-state index in [2.05, 4.69) is 10.6 Å². The van der Waals surface area contributed by atoms with E-state index in [-0.39, 0.29) is 16.4 Å². The molecule has 0 radical (unpaired) electrons. The second kappa shape index (κ2) is 9.76. The summed E-state index contributed by atoms with van der Waals surface area (Å²) in [4.78, 5) is 39.1. The Kier molecular flexibility index (Phi) is 6.60. The van der Waals surface area contributed by atoms with Gasteiger partial charge in [0.25, 0.3) is 17.7 Å². The van der Waals surface area contributed by atoms with Crippen molar-refractivity contribution in [2.75, 3.05) is 22.1 Å². The van der Waals surface area contributed by atoms with Crippen molar-refractivity contribution in [1.29, 1.82) is 0 Å². The number of imide groups is 1. The molecule has 172 valence electrons. The van der Waals surface area contributed by atoms with Crippen molar-refractivity contribution in [3.8, 4) is 5.75 Å². The molecule has 9 heteroatoms. The van der Waals surface area contributed by atoms with Gasteiger partial charge in [-0.05, 0) is 61.5 Å². The Hall–Kier alpha value is -4.17. The Morgan fingerprint density at radius 1 is 1.00 bits per heavy atom. The maximum absolute atomic E-state index is 13.2. The van der Waals surface area contributed by atoms with Crippen LogP contribution in [0.3, 0.4) is 0 Å². The van der Waals surface area contributed by atoms with E-state index in [1.807, 2.05) is 6.92 Å². The maximum Gasteiger partial charge on any atom is 0.283 e. The summed E-state index contributed by atoms with van der Waals surface area (Å²) in [5, 5.41) is 5.32. The first-order valence-electron chi connectivity index (χ1n) is 10.3. The summed E-state index contributed by atoms with van der Waals surface area (Å²) in [6, 6.07) is 18.3. The van der Waals surface area contributed by atoms with Crippen LogP contribution in [-0.2, 0) is 9.59 Å². The van der Waals surface area contributed by atoms with E-state index in [9.17, 15) is 18.8 Å². The van der Waals surface area contributed by atoms with Crippen LogP contribution in [0, 0.1) is 5.82 Å². The lowest BCUT2D eigenvalue weighted by Gasteiger charge is -2.15. The normalized spacial score (nSPS) is 13.3. The predicted molar refractivity (Wildman–Crippen MR) is 127 cm³/mol. The quantitative estimate of drug-likeness (QED) is 0.470. The van der Waals surface area contributed by atoms with Gasteiger partial charge in [0.15, 0.2) is 0 Å². The van der Waals surface area contributed by atoms with Crippen molar-refractivity contribution in [2.24, 2.45) is 0 Å². The molecule has 0 bridgehead atoms. The molecule has 0 saturated carbocycles. The molecule has 1 heterocycles. The van der Waals surface area contributed by atoms with Crippen molar-refractivity contribution in [2.45, 2.75) is 6.92 Å². The number of carbonyl (C=O) groups excluding carboxylic acids is 3. The zero-order chi connectivity index (χ0) is 24.2. The van der Waals surface area contributed by atoms with Gasteiger partial charge in [-0.3, -0.25) is 14.4 Å². The highest BCUT2D eigenvalue weighted by Crippen LogP contribution is 2.30. The molecule has 7 nitrogen and oxygen atoms in total. The average molecular weight is 480 g/mol. The molecule has 2 N–H and O–H groups in total. The molecule has 3 aromatic rings. The first kappa shape index (κ1) is 23.0. The number of hydrogen-bond donors (Lipinski definition) is 2. The molecule has 3 amide bonds. The van der Waals surface area contributed by atoms with Crippen LogP contribution in [0.1, 0.15) is 17.3 Å². The van der Waals surface area contributed by atoms with Crippen LogP contribution in [0.15, 0.2) is 83.5 Å². The summed E-state index contributed by atoms with van der Waals surface area (Å²) in [7, 11) is 0. The number of nitrogens with one attached hydrogen (secondary N) is 2. The summed E-state index contributed by atoms with van der Waals surface area (Å²) in [5.74, 6) is -1.78. The lowest BCUT2D eigenvalue weighted by Crippen LogP contribution is -2.32. The number of nitrogens with zero attached hydrogens (tertiary/aromatic N) is 1. The Labute approximate surface area is 199 Å². The summed E-state index contributed by atoms with van der Waals surface area (Å²) in [5.41, 5.74) is 1.24. The minimum atomic E-state index is -0.734. The van der Waals surface area contributed by atoms with E-state index >= 15 is 0 Å². The molecule has 34 heavy (non-hydrogen) atoms. The summed E-state index contributed by atoms with van der Waals surface area (Å²) >= 11 is 6.14. The third-order valence-electron chi connectivity index (χ3n) is 4.94. The van der Waals surface area contributed by atoms with Crippen LogP contribution in [0.4, 0.5) is 21.5 Å². The van der Waals surface area contributed by atoms with Crippen LogP contribution >= 0.6 is 11.6 Å². The number of para-hydroxylation sites is 2. The molecule has 3 aromatic carbocycles. The summed E-state index contributed by atoms with van der Waals surface area (Å²) in [6.45, 7) is 2.30. The lowest BCUT2D eigenvalue weighted by atomic mass is 10.1. The van der Waals surface area contributed by atoms with Crippen molar-refractivity contribution < 1.29 is 23.5 Å². The molecular weight excluding hydrogens is 461 g/mol. The van der Waals surface area contributed by atoms with Crippen molar-refractivity contribution in [3.05, 3.63) is 94.9 Å². The monoisotopic (exact) mass is 479 g/mol. The number of anilines is 3. The number of benzene rings is 3. The van der Waals surface area contributed by atoms with Gasteiger partial charge < -0.3 is 15.4 Å². The van der Waals surface area contributed by atoms with E-state index in [1.54, 1.807) is 42.5 Å². The highest BCUT2D eigenvalue weighted by Gasteiger charge is 2.39. The highest BCUT2D eigenvalue weighted by atomic mass is 35.5. The minimum Gasteiger partial charge on any atom is -0.492 e. The fourth-order valence-electron chi connectivity index (χ4n) is 3.36. The fraction of sp³-hybridized carbons (Fsp3) is 0.0800. The molecule has 0 saturated heterocycles. The van der Waals surface area contributed by atoms with Crippen LogP contribution in [0.2, 0.25) is 0 Å². The molecule has 0 fully saturated rings. The second-order valence-electron chi connectivity index (χ2n) is 7.20. The highest BCUT2D eigenvalue weighted by molar-refractivity contribution is 6.53. The standard InChI is InChI=1S/C25H19ClFN3O4/c1-2-34-20-9-4-3-8-19(20)29-23(31)15-6-5-7-17(14-15)28-22-21(26)24(32)30(25(22)33)18-12-10-16(27)11-13-18/h3-14,28H,2H2,1H3,(H,29,31). The van der Waals surface area contributed by atoms with E-state index in [0.29, 0.717) is 29.3 Å². The van der Waals surface area contributed by atoms with Crippen LogP contribution in [-0.4, -0.2) is 24.3 Å². The number of rotatable bonds is 7. The van der Waals surface area contributed by atoms with Gasteiger partial charge in [0.1, 0.15) is 22.3 Å². The van der Waals surface area contributed by atoms with Gasteiger partial charge in [-0.2, -0.15) is 0 Å². The zero-order valence-corrected chi connectivity index (χ0v) is 18.7. The molecule has 0 aliphatic carbocycles. The number of ether oxygens (including phenoxy) is 1. The van der Waals surface area contributed by atoms with Gasteiger partial charge in [0.2, 0.25) is 0 Å². The first-order valence-corrected chi connectivity index (χ1v) is 10.7. The van der Waals surface area contributed by atoms with Gasteiger partial charge in [-0.15, -0.1) is 0 Å². The number of hydrogen-bond acceptors (Lipinski definition) is 5. The zero-order valence-electron chi connectivity index (χ0n) is 18.0. The average Bonchev–Trinajstić information content (AvgIpc) is 3.04. The molecule has 4 rings (SSSR count). The second-order valence-corrected chi connectivity index (χ2v) is 7.58. The van der Waals surface area contributed by atoms with E-state index in [0.717, 1.165) is 17.0 Å². The van der Waals surface area contributed by atoms with Gasteiger partial charge in [0.05, 0.1) is 18.0 Å². The molecular formula is C25H19ClFN3O4. The van der Waals surface area contributed by atoms with Crippen LogP contribution in [0.25, 0.3) is 0 Å². The van der Waals surface area contributed by atoms with Crippen molar-refractivity contribution >= 4 is 46.4 Å². The Balaban J connectivity index is 1.53. The van der Waals surface area contributed by atoms with E-state index in [4.69, 9.17) is 16.3 Å². The van der Waals surface area contributed by atoms with Crippen LogP contribution in [0.5, 0.6) is 5.75 Å². The first-order chi connectivity index (χ1) is 16.4. The third-order valence-corrected chi connectivity index (χ3v) is 5.29. The number of halogens is 2. The van der Waals surface area contributed by atoms with Crippen molar-refractivity contribution in [1.82, 2.24) is 0 Å². The van der Waals surface area contributed by atoms with Gasteiger partial charge in [0, 0.05) is 11.3 Å². The molecule has 1 aliphatic heterocycles. The summed E-state index contributed by atoms with van der Waals surface area (Å²) in [6.07, 6.45) is 0. The minimum absolute atomic E-state index is 0.143. The summed E-state index contributed by atoms with van der Waals surface area (Å²) < 4.78 is 18.8. The lowest BCUT2D eigenvalue weighted by molar-refractivity contribution is -0.120. The maximum atomic E-state index is 13.2. The van der Waals surface area contributed by atoms with E-state index in [1.165, 1.54) is 18.2 Å². The topological polar surface area (TPSA) is 87.7 Å². The van der Waals surface area contributed by atoms with E-state index < -0.39 is 23.5 Å². The van der Waals surface area contributed by atoms with Crippen LogP contribution < -0.4 is 20.3 Å². The Morgan fingerprint density at radius 3 is 2.47 bits per heavy atom. The smallest absolute Gasteiger partial charge is 0.283 e. The predicted octanol–water partition coefficient (Wildman–Crippen LogP) is 4.91. The molecule has 0 atom stereocenters. The Bertz CT molecular complexity index is 1310. The molecule has 0 spiro atoms. The number of amides is 3. The molecule has 0 unspecified atom stereocenters.